The lowest BCUT2D eigenvalue weighted by Crippen LogP contribution is -2.57. The van der Waals surface area contributed by atoms with Crippen LogP contribution in [0, 0.1) is 0 Å². The zero-order valence-corrected chi connectivity index (χ0v) is 16.9. The van der Waals surface area contributed by atoms with Gasteiger partial charge in [0, 0.05) is 24.7 Å². The van der Waals surface area contributed by atoms with Gasteiger partial charge in [0.25, 0.3) is 0 Å². The van der Waals surface area contributed by atoms with Gasteiger partial charge in [0.15, 0.2) is 0 Å². The zero-order valence-electron chi connectivity index (χ0n) is 16.9. The number of imidazole rings is 1. The fourth-order valence-corrected chi connectivity index (χ4v) is 2.55. The van der Waals surface area contributed by atoms with Gasteiger partial charge >= 0.3 is 11.9 Å². The molecule has 3 unspecified atom stereocenters. The van der Waals surface area contributed by atoms with Crippen molar-refractivity contribution in [3.05, 3.63) is 18.2 Å². The molecule has 32 heavy (non-hydrogen) atoms. The standard InChI is InChI=1S/C17H25N7O8/c18-5-13(26)22-10(3-8-6-20-7-21-8)15(29)24-11(4-14(27)28)16(30)23-9(17(31)32)1-2-12(19)25/h6-7,9-11H,1-5,18H2,(H2,19,25)(H,20,21)(H,22,26)(H,23,30)(H,24,29)(H,27,28)(H,31,32). The predicted octanol–water partition coefficient (Wildman–Crippen LogP) is -3.81. The number of hydrogen-bond donors (Lipinski definition) is 8. The molecule has 4 amide bonds. The molecule has 1 aromatic heterocycles. The molecule has 15 nitrogen and oxygen atoms in total. The van der Waals surface area contributed by atoms with Crippen LogP contribution in [0.4, 0.5) is 0 Å². The van der Waals surface area contributed by atoms with Crippen LogP contribution >= 0.6 is 0 Å². The topological polar surface area (TPSA) is 260 Å². The highest BCUT2D eigenvalue weighted by Gasteiger charge is 2.31. The van der Waals surface area contributed by atoms with Gasteiger partial charge in [-0.1, -0.05) is 0 Å². The first-order valence-corrected chi connectivity index (χ1v) is 9.33. The Morgan fingerprint density at radius 1 is 1.00 bits per heavy atom. The third kappa shape index (κ3) is 9.21. The molecule has 0 fully saturated rings. The minimum Gasteiger partial charge on any atom is -0.481 e. The van der Waals surface area contributed by atoms with E-state index >= 15 is 0 Å². The summed E-state index contributed by atoms with van der Waals surface area (Å²) >= 11 is 0. The summed E-state index contributed by atoms with van der Waals surface area (Å²) in [5, 5.41) is 24.9. The number of aromatic nitrogens is 2. The second-order valence-corrected chi connectivity index (χ2v) is 6.67. The van der Waals surface area contributed by atoms with E-state index in [1.54, 1.807) is 0 Å². The molecule has 0 aliphatic heterocycles. The molecule has 0 saturated carbocycles. The number of nitrogens with one attached hydrogen (secondary N) is 4. The molecule has 176 valence electrons. The molecular weight excluding hydrogens is 430 g/mol. The van der Waals surface area contributed by atoms with Gasteiger partial charge in [0.2, 0.25) is 23.6 Å². The number of carboxylic acid groups (broad SMARTS) is 2. The minimum absolute atomic E-state index is 0.0741. The van der Waals surface area contributed by atoms with Crippen LogP contribution in [0.25, 0.3) is 0 Å². The number of primary amides is 1. The first-order valence-electron chi connectivity index (χ1n) is 9.33. The molecule has 0 bridgehead atoms. The number of aliphatic carboxylic acids is 2. The molecule has 0 aliphatic rings. The van der Waals surface area contributed by atoms with Crippen molar-refractivity contribution in [3.63, 3.8) is 0 Å². The number of amides is 4. The third-order valence-electron chi connectivity index (χ3n) is 4.12. The van der Waals surface area contributed by atoms with Gasteiger partial charge in [0.1, 0.15) is 18.1 Å². The Balaban J connectivity index is 2.97. The van der Waals surface area contributed by atoms with Crippen molar-refractivity contribution in [1.82, 2.24) is 25.9 Å². The molecule has 0 aliphatic carbocycles. The fourth-order valence-electron chi connectivity index (χ4n) is 2.55. The lowest BCUT2D eigenvalue weighted by Gasteiger charge is -2.23. The normalized spacial score (nSPS) is 13.3. The lowest BCUT2D eigenvalue weighted by atomic mass is 10.1. The van der Waals surface area contributed by atoms with Crippen LogP contribution in [-0.4, -0.2) is 80.4 Å². The SMILES string of the molecule is NCC(=O)NC(Cc1cnc[nH]1)C(=O)NC(CC(=O)O)C(=O)NC(CCC(N)=O)C(=O)O. The summed E-state index contributed by atoms with van der Waals surface area (Å²) in [5.41, 5.74) is 10.7. The van der Waals surface area contributed by atoms with E-state index < -0.39 is 66.7 Å². The quantitative estimate of drug-likeness (QED) is 0.135. The van der Waals surface area contributed by atoms with Crippen LogP contribution < -0.4 is 27.4 Å². The molecule has 1 heterocycles. The van der Waals surface area contributed by atoms with Gasteiger partial charge in [-0.25, -0.2) is 9.78 Å². The van der Waals surface area contributed by atoms with Crippen LogP contribution in [0.1, 0.15) is 25.0 Å². The number of aromatic amines is 1. The second kappa shape index (κ2) is 12.6. The number of nitrogens with two attached hydrogens (primary N) is 2. The van der Waals surface area contributed by atoms with Crippen LogP contribution in [-0.2, 0) is 35.2 Å². The second-order valence-electron chi connectivity index (χ2n) is 6.67. The molecular formula is C17H25N7O8. The molecule has 15 heteroatoms. The Labute approximate surface area is 181 Å². The van der Waals surface area contributed by atoms with Crippen molar-refractivity contribution >= 4 is 35.6 Å². The Morgan fingerprint density at radius 3 is 2.12 bits per heavy atom. The molecule has 1 aromatic rings. The summed E-state index contributed by atoms with van der Waals surface area (Å²) in [6, 6.07) is -4.45. The van der Waals surface area contributed by atoms with Gasteiger partial charge in [-0.05, 0) is 6.42 Å². The van der Waals surface area contributed by atoms with Crippen LogP contribution in [0.3, 0.4) is 0 Å². The minimum atomic E-state index is -1.67. The van der Waals surface area contributed by atoms with E-state index in [-0.39, 0.29) is 19.3 Å². The van der Waals surface area contributed by atoms with Crippen LogP contribution in [0.5, 0.6) is 0 Å². The number of hydrogen-bond acceptors (Lipinski definition) is 8. The maximum atomic E-state index is 12.7. The lowest BCUT2D eigenvalue weighted by molar-refractivity contribution is -0.143. The average molecular weight is 455 g/mol. The molecule has 10 N–H and O–H groups in total. The van der Waals surface area contributed by atoms with Crippen molar-refractivity contribution in [1.29, 1.82) is 0 Å². The number of H-pyrrole nitrogens is 1. The first kappa shape index (κ1) is 26.0. The van der Waals surface area contributed by atoms with Gasteiger partial charge in [-0.3, -0.25) is 24.0 Å². The van der Waals surface area contributed by atoms with E-state index in [0.29, 0.717) is 5.69 Å². The molecule has 0 saturated heterocycles. The van der Waals surface area contributed by atoms with Gasteiger partial charge < -0.3 is 42.6 Å². The Kier molecular flexibility index (Phi) is 10.3. The van der Waals surface area contributed by atoms with E-state index in [0.717, 1.165) is 0 Å². The third-order valence-corrected chi connectivity index (χ3v) is 4.12. The molecule has 1 rings (SSSR count). The number of carbonyl (C=O) groups is 6. The van der Waals surface area contributed by atoms with Crippen LogP contribution in [0.15, 0.2) is 12.5 Å². The van der Waals surface area contributed by atoms with Crippen LogP contribution in [0.2, 0.25) is 0 Å². The maximum absolute atomic E-state index is 12.7. The predicted molar refractivity (Wildman–Crippen MR) is 105 cm³/mol. The summed E-state index contributed by atoms with van der Waals surface area (Å²) in [6.07, 6.45) is 1.11. The number of carbonyl (C=O) groups excluding carboxylic acids is 4. The fraction of sp³-hybridized carbons (Fsp3) is 0.471. The van der Waals surface area contributed by atoms with Crippen molar-refractivity contribution in [3.8, 4) is 0 Å². The first-order chi connectivity index (χ1) is 15.0. The average Bonchev–Trinajstić information content (AvgIpc) is 3.22. The molecule has 3 atom stereocenters. The Bertz CT molecular complexity index is 842. The van der Waals surface area contributed by atoms with Gasteiger partial charge in [-0.2, -0.15) is 0 Å². The van der Waals surface area contributed by atoms with Crippen molar-refractivity contribution < 1.29 is 39.0 Å². The summed E-state index contributed by atoms with van der Waals surface area (Å²) in [7, 11) is 0. The van der Waals surface area contributed by atoms with Crippen molar-refractivity contribution in [2.75, 3.05) is 6.54 Å². The summed E-state index contributed by atoms with van der Waals surface area (Å²) in [6.45, 7) is -0.425. The molecule has 0 aromatic carbocycles. The maximum Gasteiger partial charge on any atom is 0.326 e. The van der Waals surface area contributed by atoms with Gasteiger partial charge in [0.05, 0.1) is 19.3 Å². The number of rotatable bonds is 14. The van der Waals surface area contributed by atoms with E-state index in [9.17, 15) is 33.9 Å². The molecule has 0 spiro atoms. The van der Waals surface area contributed by atoms with E-state index in [1.165, 1.54) is 12.5 Å². The smallest absolute Gasteiger partial charge is 0.326 e. The highest BCUT2D eigenvalue weighted by Crippen LogP contribution is 2.04. The number of carboxylic acids is 2. The van der Waals surface area contributed by atoms with Crippen molar-refractivity contribution in [2.24, 2.45) is 11.5 Å². The summed E-state index contributed by atoms with van der Waals surface area (Å²) in [5.74, 6) is -6.42. The largest absolute Gasteiger partial charge is 0.481 e. The Hall–Kier alpha value is -4.01. The zero-order chi connectivity index (χ0) is 24.3. The summed E-state index contributed by atoms with van der Waals surface area (Å²) < 4.78 is 0. The van der Waals surface area contributed by atoms with E-state index in [4.69, 9.17) is 16.6 Å². The van der Waals surface area contributed by atoms with E-state index in [1.807, 2.05) is 0 Å². The molecule has 0 radical (unpaired) electrons. The Morgan fingerprint density at radius 2 is 1.62 bits per heavy atom. The van der Waals surface area contributed by atoms with Gasteiger partial charge in [-0.15, -0.1) is 0 Å². The monoisotopic (exact) mass is 455 g/mol. The highest BCUT2D eigenvalue weighted by atomic mass is 16.4. The van der Waals surface area contributed by atoms with Crippen molar-refractivity contribution in [2.45, 2.75) is 43.8 Å². The van der Waals surface area contributed by atoms with E-state index in [2.05, 4.69) is 25.9 Å². The highest BCUT2D eigenvalue weighted by molar-refractivity contribution is 5.95. The number of nitrogens with zero attached hydrogens (tertiary/aromatic N) is 1. The summed E-state index contributed by atoms with van der Waals surface area (Å²) in [4.78, 5) is 76.8.